The van der Waals surface area contributed by atoms with E-state index in [1.54, 1.807) is 0 Å². The van der Waals surface area contributed by atoms with Gasteiger partial charge in [-0.2, -0.15) is 0 Å². The van der Waals surface area contributed by atoms with Crippen LogP contribution in [0.25, 0.3) is 0 Å². The molecule has 5 N–H and O–H groups in total. The molecule has 8 heteroatoms. The Morgan fingerprint density at radius 1 is 1.44 bits per heavy atom. The molecule has 1 unspecified atom stereocenters. The van der Waals surface area contributed by atoms with Gasteiger partial charge in [0.15, 0.2) is 0 Å². The van der Waals surface area contributed by atoms with Gasteiger partial charge < -0.3 is 26.2 Å². The van der Waals surface area contributed by atoms with Crippen molar-refractivity contribution in [3.63, 3.8) is 0 Å². The highest BCUT2D eigenvalue weighted by Gasteiger charge is 2.17. The number of carboxylic acids is 1. The van der Waals surface area contributed by atoms with Crippen LogP contribution in [0.3, 0.4) is 0 Å². The maximum atomic E-state index is 11.0. The normalized spacial score (nSPS) is 11.1. The summed E-state index contributed by atoms with van der Waals surface area (Å²) in [6.07, 6.45) is 1.33. The number of hydrogen-bond acceptors (Lipinski definition) is 4. The van der Waals surface area contributed by atoms with Crippen LogP contribution in [0, 0.1) is 0 Å². The lowest BCUT2D eigenvalue weighted by Gasteiger charge is -2.12. The highest BCUT2D eigenvalue weighted by Crippen LogP contribution is 1.97. The molecule has 0 bridgehead atoms. The number of nitrogens with two attached hydrogens (primary N) is 1. The lowest BCUT2D eigenvalue weighted by Crippen LogP contribution is -2.43. The molecule has 102 valence electrons. The highest BCUT2D eigenvalue weighted by molar-refractivity contribution is 5.81. The zero-order chi connectivity index (χ0) is 14.0. The van der Waals surface area contributed by atoms with E-state index >= 15 is 0 Å². The highest BCUT2D eigenvalue weighted by atomic mass is 16.5. The molecular formula is C10H17N3O5. The fourth-order valence-corrected chi connectivity index (χ4v) is 1.11. The first-order valence-corrected chi connectivity index (χ1v) is 5.27. The molecule has 0 aliphatic rings. The summed E-state index contributed by atoms with van der Waals surface area (Å²) in [5, 5.41) is 13.3. The van der Waals surface area contributed by atoms with Crippen LogP contribution in [0.1, 0.15) is 12.8 Å². The number of nitrogens with one attached hydrogen (secondary N) is 2. The average molecular weight is 259 g/mol. The number of carbonyl (C=O) groups excluding carboxylic acids is 2. The van der Waals surface area contributed by atoms with Gasteiger partial charge in [-0.3, -0.25) is 0 Å². The van der Waals surface area contributed by atoms with Crippen LogP contribution in [0.2, 0.25) is 0 Å². The van der Waals surface area contributed by atoms with Crippen LogP contribution in [0.15, 0.2) is 12.7 Å². The molecule has 0 radical (unpaired) electrons. The molecule has 0 aromatic heterocycles. The summed E-state index contributed by atoms with van der Waals surface area (Å²) < 4.78 is 4.64. The van der Waals surface area contributed by atoms with Gasteiger partial charge in [-0.1, -0.05) is 12.7 Å². The van der Waals surface area contributed by atoms with E-state index in [-0.39, 0.29) is 19.6 Å². The SMILES string of the molecule is C=CCOC(=O)NCCCC(NC(N)=O)C(=O)O. The fraction of sp³-hybridized carbons (Fsp3) is 0.500. The Hall–Kier alpha value is -2.25. The molecule has 3 amide bonds. The van der Waals surface area contributed by atoms with Gasteiger partial charge >= 0.3 is 18.1 Å². The number of urea groups is 1. The van der Waals surface area contributed by atoms with Crippen LogP contribution < -0.4 is 16.4 Å². The second kappa shape index (κ2) is 8.85. The first-order chi connectivity index (χ1) is 8.47. The Labute approximate surface area is 104 Å². The first-order valence-electron chi connectivity index (χ1n) is 5.27. The number of ether oxygens (including phenoxy) is 1. The predicted molar refractivity (Wildman–Crippen MR) is 62.9 cm³/mol. The van der Waals surface area contributed by atoms with Gasteiger partial charge in [0.1, 0.15) is 12.6 Å². The molecule has 0 heterocycles. The Balaban J connectivity index is 3.79. The molecule has 0 aromatic rings. The van der Waals surface area contributed by atoms with E-state index in [2.05, 4.69) is 21.9 Å². The molecule has 0 aromatic carbocycles. The van der Waals surface area contributed by atoms with E-state index in [1.807, 2.05) is 0 Å². The van der Waals surface area contributed by atoms with Gasteiger partial charge in [0.2, 0.25) is 0 Å². The molecular weight excluding hydrogens is 242 g/mol. The van der Waals surface area contributed by atoms with Crippen molar-refractivity contribution in [3.8, 4) is 0 Å². The molecule has 1 atom stereocenters. The Kier molecular flexibility index (Phi) is 7.74. The van der Waals surface area contributed by atoms with Crippen molar-refractivity contribution < 1.29 is 24.2 Å². The van der Waals surface area contributed by atoms with Crippen molar-refractivity contribution >= 4 is 18.1 Å². The van der Waals surface area contributed by atoms with Crippen molar-refractivity contribution in [2.24, 2.45) is 5.73 Å². The number of carboxylic acid groups (broad SMARTS) is 1. The molecule has 0 saturated carbocycles. The number of rotatable bonds is 8. The lowest BCUT2D eigenvalue weighted by atomic mass is 10.1. The van der Waals surface area contributed by atoms with E-state index < -0.39 is 24.1 Å². The number of alkyl carbamates (subject to hydrolysis) is 1. The summed E-state index contributed by atoms with van der Waals surface area (Å²) >= 11 is 0. The summed E-state index contributed by atoms with van der Waals surface area (Å²) in [5.74, 6) is -1.18. The van der Waals surface area contributed by atoms with Gasteiger partial charge in [0.25, 0.3) is 0 Å². The second-order valence-electron chi connectivity index (χ2n) is 3.36. The van der Waals surface area contributed by atoms with Crippen LogP contribution >= 0.6 is 0 Å². The second-order valence-corrected chi connectivity index (χ2v) is 3.36. The molecule has 18 heavy (non-hydrogen) atoms. The third kappa shape index (κ3) is 7.97. The number of amides is 3. The van der Waals surface area contributed by atoms with Gasteiger partial charge in [-0.25, -0.2) is 14.4 Å². The quantitative estimate of drug-likeness (QED) is 0.354. The molecule has 0 fully saturated rings. The van der Waals surface area contributed by atoms with E-state index in [1.165, 1.54) is 6.08 Å². The zero-order valence-electron chi connectivity index (χ0n) is 9.85. The molecule has 8 nitrogen and oxygen atoms in total. The smallest absolute Gasteiger partial charge is 0.407 e. The number of hydrogen-bond donors (Lipinski definition) is 4. The standard InChI is InChI=1S/C10H17N3O5/c1-2-6-18-10(17)12-5-3-4-7(8(14)15)13-9(11)16/h2,7H,1,3-6H2,(H,12,17)(H,14,15)(H3,11,13,16). The van der Waals surface area contributed by atoms with Crippen LogP contribution in [-0.2, 0) is 9.53 Å². The molecule has 0 rings (SSSR count). The van der Waals surface area contributed by atoms with E-state index in [0.29, 0.717) is 6.42 Å². The lowest BCUT2D eigenvalue weighted by molar-refractivity contribution is -0.139. The molecule has 0 aliphatic carbocycles. The topological polar surface area (TPSA) is 131 Å². The largest absolute Gasteiger partial charge is 0.480 e. The number of aliphatic carboxylic acids is 1. The van der Waals surface area contributed by atoms with E-state index in [0.717, 1.165) is 0 Å². The minimum atomic E-state index is -1.18. The molecule has 0 aliphatic heterocycles. The number of primary amides is 1. The molecule has 0 spiro atoms. The first kappa shape index (κ1) is 15.8. The maximum Gasteiger partial charge on any atom is 0.407 e. The zero-order valence-corrected chi connectivity index (χ0v) is 9.85. The van der Waals surface area contributed by atoms with Crippen molar-refractivity contribution in [2.45, 2.75) is 18.9 Å². The van der Waals surface area contributed by atoms with Gasteiger partial charge in [-0.05, 0) is 12.8 Å². The third-order valence-corrected chi connectivity index (χ3v) is 1.89. The predicted octanol–water partition coefficient (Wildman–Crippen LogP) is -0.200. The van der Waals surface area contributed by atoms with Gasteiger partial charge in [0.05, 0.1) is 0 Å². The Bertz CT molecular complexity index is 319. The van der Waals surface area contributed by atoms with Crippen molar-refractivity contribution in [3.05, 3.63) is 12.7 Å². The average Bonchev–Trinajstić information content (AvgIpc) is 2.29. The minimum Gasteiger partial charge on any atom is -0.480 e. The van der Waals surface area contributed by atoms with Gasteiger partial charge in [-0.15, -0.1) is 0 Å². The van der Waals surface area contributed by atoms with Gasteiger partial charge in [0, 0.05) is 6.54 Å². The summed E-state index contributed by atoms with van der Waals surface area (Å²) in [5.41, 5.74) is 4.83. The van der Waals surface area contributed by atoms with Crippen LogP contribution in [-0.4, -0.2) is 42.4 Å². The van der Waals surface area contributed by atoms with Crippen LogP contribution in [0.5, 0.6) is 0 Å². The Morgan fingerprint density at radius 2 is 2.11 bits per heavy atom. The summed E-state index contributed by atoms with van der Waals surface area (Å²) in [4.78, 5) is 32.2. The third-order valence-electron chi connectivity index (χ3n) is 1.89. The monoisotopic (exact) mass is 259 g/mol. The van der Waals surface area contributed by atoms with Crippen molar-refractivity contribution in [1.82, 2.24) is 10.6 Å². The fourth-order valence-electron chi connectivity index (χ4n) is 1.11. The van der Waals surface area contributed by atoms with E-state index in [4.69, 9.17) is 10.8 Å². The van der Waals surface area contributed by atoms with E-state index in [9.17, 15) is 14.4 Å². The van der Waals surface area contributed by atoms with Crippen molar-refractivity contribution in [1.29, 1.82) is 0 Å². The van der Waals surface area contributed by atoms with Crippen LogP contribution in [0.4, 0.5) is 9.59 Å². The minimum absolute atomic E-state index is 0.104. The maximum absolute atomic E-state index is 11.0. The Morgan fingerprint density at radius 3 is 2.61 bits per heavy atom. The summed E-state index contributed by atoms with van der Waals surface area (Å²) in [6, 6.07) is -1.96. The van der Waals surface area contributed by atoms with Crippen molar-refractivity contribution in [2.75, 3.05) is 13.2 Å². The molecule has 0 saturated heterocycles. The number of carbonyl (C=O) groups is 3. The summed E-state index contributed by atoms with van der Waals surface area (Å²) in [6.45, 7) is 3.72. The summed E-state index contributed by atoms with van der Waals surface area (Å²) in [7, 11) is 0.